The van der Waals surface area contributed by atoms with Gasteiger partial charge in [0.1, 0.15) is 11.5 Å². The number of ether oxygens (including phenoxy) is 1. The molecule has 0 aliphatic heterocycles. The second kappa shape index (κ2) is 4.11. The van der Waals surface area contributed by atoms with Gasteiger partial charge in [-0.3, -0.25) is 4.79 Å². The summed E-state index contributed by atoms with van der Waals surface area (Å²) >= 11 is 6.25. The lowest BCUT2D eigenvalue weighted by molar-refractivity contribution is 0.111. The van der Waals surface area contributed by atoms with Crippen LogP contribution in [-0.4, -0.2) is 18.5 Å². The molecule has 0 radical (unpaired) electrons. The van der Waals surface area contributed by atoms with Gasteiger partial charge in [0.25, 0.3) is 0 Å². The molecular weight excluding hydrogens is 304 g/mol. The Labute approximate surface area is 92.0 Å². The highest BCUT2D eigenvalue weighted by atomic mass is 79.9. The van der Waals surface area contributed by atoms with Crippen LogP contribution < -0.4 is 4.74 Å². The van der Waals surface area contributed by atoms with Gasteiger partial charge in [-0.15, -0.1) is 0 Å². The molecular formula is C8H6Br2O3. The molecule has 0 fully saturated rings. The molecule has 0 amide bonds. The maximum absolute atomic E-state index is 10.6. The fourth-order valence-electron chi connectivity index (χ4n) is 0.868. The van der Waals surface area contributed by atoms with Crippen molar-refractivity contribution < 1.29 is 14.6 Å². The third kappa shape index (κ3) is 1.86. The van der Waals surface area contributed by atoms with Gasteiger partial charge in [-0.05, 0) is 37.9 Å². The maximum atomic E-state index is 10.6. The first-order chi connectivity index (χ1) is 6.11. The summed E-state index contributed by atoms with van der Waals surface area (Å²) in [4.78, 5) is 10.6. The number of aromatic hydroxyl groups is 1. The number of aldehydes is 1. The highest BCUT2D eigenvalue weighted by Gasteiger charge is 2.14. The van der Waals surface area contributed by atoms with Crippen LogP contribution in [0.2, 0.25) is 0 Å². The first kappa shape index (κ1) is 10.5. The summed E-state index contributed by atoms with van der Waals surface area (Å²) in [5, 5.41) is 9.43. The predicted octanol–water partition coefficient (Wildman–Crippen LogP) is 2.74. The zero-order chi connectivity index (χ0) is 10.0. The van der Waals surface area contributed by atoms with Crippen LogP contribution in [0.25, 0.3) is 0 Å². The zero-order valence-electron chi connectivity index (χ0n) is 6.67. The van der Waals surface area contributed by atoms with Crippen molar-refractivity contribution >= 4 is 38.1 Å². The summed E-state index contributed by atoms with van der Waals surface area (Å²) in [5.41, 5.74) is 0.172. The SMILES string of the molecule is COc1cc(Br)c(O)c(C=O)c1Br. The summed E-state index contributed by atoms with van der Waals surface area (Å²) in [6, 6.07) is 1.58. The summed E-state index contributed by atoms with van der Waals surface area (Å²) in [6.07, 6.45) is 0.562. The third-order valence-corrected chi connectivity index (χ3v) is 2.95. The third-order valence-electron chi connectivity index (χ3n) is 1.53. The van der Waals surface area contributed by atoms with Crippen LogP contribution in [-0.2, 0) is 0 Å². The molecule has 0 saturated heterocycles. The van der Waals surface area contributed by atoms with Crippen LogP contribution in [0.3, 0.4) is 0 Å². The van der Waals surface area contributed by atoms with E-state index in [1.165, 1.54) is 7.11 Å². The predicted molar refractivity (Wildman–Crippen MR) is 55.4 cm³/mol. The highest BCUT2D eigenvalue weighted by molar-refractivity contribution is 9.11. The van der Waals surface area contributed by atoms with E-state index >= 15 is 0 Å². The van der Waals surface area contributed by atoms with Crippen LogP contribution in [0.1, 0.15) is 10.4 Å². The van der Waals surface area contributed by atoms with Crippen LogP contribution >= 0.6 is 31.9 Å². The van der Waals surface area contributed by atoms with E-state index in [4.69, 9.17) is 4.74 Å². The van der Waals surface area contributed by atoms with E-state index in [1.54, 1.807) is 6.07 Å². The fraction of sp³-hybridized carbons (Fsp3) is 0.125. The van der Waals surface area contributed by atoms with E-state index in [1.807, 2.05) is 0 Å². The van der Waals surface area contributed by atoms with Crippen molar-refractivity contribution in [2.45, 2.75) is 0 Å². The Morgan fingerprint density at radius 2 is 2.15 bits per heavy atom. The molecule has 0 spiro atoms. The van der Waals surface area contributed by atoms with Gasteiger partial charge in [-0.2, -0.15) is 0 Å². The first-order valence-corrected chi connectivity index (χ1v) is 4.90. The number of carbonyl (C=O) groups is 1. The molecule has 3 nitrogen and oxygen atoms in total. The summed E-state index contributed by atoms with van der Waals surface area (Å²) in [5.74, 6) is 0.398. The van der Waals surface area contributed by atoms with Gasteiger partial charge in [0, 0.05) is 0 Å². The van der Waals surface area contributed by atoms with Gasteiger partial charge < -0.3 is 9.84 Å². The Morgan fingerprint density at radius 1 is 1.54 bits per heavy atom. The number of hydrogen-bond donors (Lipinski definition) is 1. The van der Waals surface area contributed by atoms with Crippen molar-refractivity contribution in [3.8, 4) is 11.5 Å². The van der Waals surface area contributed by atoms with Gasteiger partial charge in [0.05, 0.1) is 21.6 Å². The summed E-state index contributed by atoms with van der Waals surface area (Å²) < 4.78 is 5.85. The molecule has 0 saturated carbocycles. The number of rotatable bonds is 2. The van der Waals surface area contributed by atoms with E-state index < -0.39 is 0 Å². The molecule has 1 aromatic carbocycles. The van der Waals surface area contributed by atoms with Gasteiger partial charge >= 0.3 is 0 Å². The molecule has 0 aliphatic rings. The Morgan fingerprint density at radius 3 is 2.62 bits per heavy atom. The lowest BCUT2D eigenvalue weighted by Crippen LogP contribution is -1.91. The Kier molecular flexibility index (Phi) is 3.33. The van der Waals surface area contributed by atoms with Gasteiger partial charge in [0.2, 0.25) is 0 Å². The van der Waals surface area contributed by atoms with E-state index in [0.29, 0.717) is 21.0 Å². The summed E-state index contributed by atoms with van der Waals surface area (Å²) in [6.45, 7) is 0. The number of methoxy groups -OCH3 is 1. The van der Waals surface area contributed by atoms with Crippen molar-refractivity contribution in [1.29, 1.82) is 0 Å². The Bertz CT molecular complexity index is 350. The van der Waals surface area contributed by atoms with E-state index in [0.717, 1.165) is 0 Å². The summed E-state index contributed by atoms with van der Waals surface area (Å²) in [7, 11) is 1.48. The minimum absolute atomic E-state index is 0.0947. The van der Waals surface area contributed by atoms with Gasteiger partial charge in [-0.25, -0.2) is 0 Å². The van der Waals surface area contributed by atoms with E-state index in [9.17, 15) is 9.90 Å². The molecule has 0 bridgehead atoms. The number of phenolic OH excluding ortho intramolecular Hbond substituents is 1. The smallest absolute Gasteiger partial charge is 0.155 e. The fourth-order valence-corrected chi connectivity index (χ4v) is 1.85. The molecule has 0 unspecified atom stereocenters. The number of hydrogen-bond acceptors (Lipinski definition) is 3. The normalized spacial score (nSPS) is 9.77. The van der Waals surface area contributed by atoms with Crippen LogP contribution in [0.4, 0.5) is 0 Å². The van der Waals surface area contributed by atoms with Gasteiger partial charge in [-0.1, -0.05) is 0 Å². The largest absolute Gasteiger partial charge is 0.506 e. The molecule has 1 rings (SSSR count). The Balaban J connectivity index is 3.47. The van der Waals surface area contributed by atoms with Crippen molar-refractivity contribution in [3.05, 3.63) is 20.6 Å². The van der Waals surface area contributed by atoms with E-state index in [2.05, 4.69) is 31.9 Å². The number of halogens is 2. The molecule has 0 aromatic heterocycles. The van der Waals surface area contributed by atoms with Crippen LogP contribution in [0, 0.1) is 0 Å². The molecule has 1 aromatic rings. The number of benzene rings is 1. The van der Waals surface area contributed by atoms with Crippen LogP contribution in [0.15, 0.2) is 15.0 Å². The lowest BCUT2D eigenvalue weighted by Gasteiger charge is -2.08. The van der Waals surface area contributed by atoms with Crippen molar-refractivity contribution in [1.82, 2.24) is 0 Å². The quantitative estimate of drug-likeness (QED) is 0.855. The van der Waals surface area contributed by atoms with E-state index in [-0.39, 0.29) is 11.3 Å². The first-order valence-electron chi connectivity index (χ1n) is 3.32. The minimum atomic E-state index is -0.0947. The Hall–Kier alpha value is -0.550. The molecule has 5 heteroatoms. The molecule has 0 heterocycles. The average molecular weight is 310 g/mol. The average Bonchev–Trinajstić information content (AvgIpc) is 2.12. The maximum Gasteiger partial charge on any atom is 0.155 e. The number of phenols is 1. The molecule has 0 atom stereocenters. The molecule has 70 valence electrons. The van der Waals surface area contributed by atoms with Crippen molar-refractivity contribution in [2.24, 2.45) is 0 Å². The lowest BCUT2D eigenvalue weighted by atomic mass is 10.2. The molecule has 1 N–H and O–H groups in total. The highest BCUT2D eigenvalue weighted by Crippen LogP contribution is 2.39. The van der Waals surface area contributed by atoms with Gasteiger partial charge in [0.15, 0.2) is 6.29 Å². The second-order valence-electron chi connectivity index (χ2n) is 2.25. The zero-order valence-corrected chi connectivity index (χ0v) is 9.85. The van der Waals surface area contributed by atoms with Crippen molar-refractivity contribution in [2.75, 3.05) is 7.11 Å². The minimum Gasteiger partial charge on any atom is -0.506 e. The van der Waals surface area contributed by atoms with Crippen molar-refractivity contribution in [3.63, 3.8) is 0 Å². The second-order valence-corrected chi connectivity index (χ2v) is 3.90. The standard InChI is InChI=1S/C8H6Br2O3/c1-13-6-2-5(9)8(12)4(3-11)7(6)10/h2-3,12H,1H3. The topological polar surface area (TPSA) is 46.5 Å². The molecule has 13 heavy (non-hydrogen) atoms. The molecule has 0 aliphatic carbocycles. The monoisotopic (exact) mass is 308 g/mol. The van der Waals surface area contributed by atoms with Crippen LogP contribution in [0.5, 0.6) is 11.5 Å². The number of carbonyl (C=O) groups excluding carboxylic acids is 1.